The normalized spacial score (nSPS) is 17.4. The molecule has 50 heteroatoms. The summed E-state index contributed by atoms with van der Waals surface area (Å²) in [6.45, 7) is 38.4. The van der Waals surface area contributed by atoms with E-state index in [2.05, 4.69) is 122 Å². The number of hydrogen-bond donors (Lipinski definition) is 4. The number of carbonyl (C=O) groups is 6. The molecule has 0 spiro atoms. The number of ether oxygens (including phenoxy) is 5. The number of nitrogens with one attached hydrogen (secondary N) is 3. The Morgan fingerprint density at radius 2 is 0.883 bits per heavy atom. The van der Waals surface area contributed by atoms with E-state index in [1.165, 1.54) is 99.0 Å². The summed E-state index contributed by atoms with van der Waals surface area (Å²) in [4.78, 5) is 112. The number of amides is 5. The number of thioether (sulfide) groups is 5. The molecule has 34 nitrogen and oxygen atoms in total. The van der Waals surface area contributed by atoms with Gasteiger partial charge in [-0.3, -0.25) is 9.59 Å². The first-order valence-corrected chi connectivity index (χ1v) is 52.5. The fourth-order valence-corrected chi connectivity index (χ4v) is 21.7. The fourth-order valence-electron chi connectivity index (χ4n) is 11.4. The Hall–Kier alpha value is -4.50. The number of aromatic nitrogens is 8. The Balaban J connectivity index is 0.000000216. The van der Waals surface area contributed by atoms with Gasteiger partial charge in [-0.15, -0.1) is 0 Å². The van der Waals surface area contributed by atoms with Crippen molar-refractivity contribution >= 4 is 254 Å². The van der Waals surface area contributed by atoms with Crippen molar-refractivity contribution in [3.05, 3.63) is 85.5 Å². The first-order chi connectivity index (χ1) is 59.4. The van der Waals surface area contributed by atoms with E-state index in [1.807, 2.05) is 89.2 Å². The second-order valence-corrected chi connectivity index (χ2v) is 49.8. The molecule has 12 heterocycles. The molecule has 8 saturated heterocycles. The van der Waals surface area contributed by atoms with Crippen molar-refractivity contribution in [1.29, 1.82) is 0 Å². The molecule has 1 aromatic carbocycles. The molecular weight excluding hydrogens is 2070 g/mol. The maximum absolute atomic E-state index is 12.3. The predicted molar refractivity (Wildman–Crippen MR) is 525 cm³/mol. The van der Waals surface area contributed by atoms with Gasteiger partial charge >= 0.3 is 24.4 Å². The second kappa shape index (κ2) is 49.3. The van der Waals surface area contributed by atoms with Crippen molar-refractivity contribution in [3.8, 4) is 5.75 Å². The summed E-state index contributed by atoms with van der Waals surface area (Å²) in [6.07, 6.45) is 10.6. The third-order valence-electron chi connectivity index (χ3n) is 18.1. The number of hydrogen-bond acceptors (Lipinski definition) is 33. The van der Waals surface area contributed by atoms with Gasteiger partial charge in [-0.05, 0) is 157 Å². The van der Waals surface area contributed by atoms with E-state index in [0.29, 0.717) is 144 Å². The van der Waals surface area contributed by atoms with Crippen LogP contribution in [0.3, 0.4) is 0 Å². The fraction of sp³-hybridized carbons (Fsp3) is 0.615. The van der Waals surface area contributed by atoms with Crippen LogP contribution in [0.1, 0.15) is 103 Å². The molecule has 128 heavy (non-hydrogen) atoms. The van der Waals surface area contributed by atoms with Crippen molar-refractivity contribution in [2.75, 3.05) is 154 Å². The van der Waals surface area contributed by atoms with Gasteiger partial charge in [0.05, 0.1) is 81.6 Å². The molecule has 0 aliphatic carbocycles. The van der Waals surface area contributed by atoms with E-state index >= 15 is 0 Å². The number of likely N-dealkylation sites (tertiary alicyclic amines) is 4. The van der Waals surface area contributed by atoms with Gasteiger partial charge in [-0.25, -0.2) is 75.9 Å². The highest BCUT2D eigenvalue weighted by molar-refractivity contribution is 14.1. The molecule has 5 amide bonds. The average Bonchev–Trinajstić information content (AvgIpc) is 0.808. The number of nitrogens with zero attached hydrogens (tertiary/aromatic N) is 16. The van der Waals surface area contributed by atoms with E-state index in [9.17, 15) is 45.6 Å². The molecule has 0 unspecified atom stereocenters. The van der Waals surface area contributed by atoms with Gasteiger partial charge in [0.15, 0.2) is 5.12 Å². The molecule has 0 radical (unpaired) electrons. The van der Waals surface area contributed by atoms with Crippen molar-refractivity contribution in [2.24, 2.45) is 0 Å². The maximum atomic E-state index is 12.3. The number of anilines is 4. The topological polar surface area (TPSA) is 382 Å². The molecule has 4 aromatic heterocycles. The predicted octanol–water partition coefficient (Wildman–Crippen LogP) is 15.6. The van der Waals surface area contributed by atoms with Crippen LogP contribution in [0.5, 0.6) is 5.75 Å². The molecule has 13 rings (SSSR count). The quantitative estimate of drug-likeness (QED) is 0.0120. The molecule has 0 bridgehead atoms. The first-order valence-electron chi connectivity index (χ1n) is 40.0. The lowest BCUT2D eigenvalue weighted by molar-refractivity contribution is -0.112. The number of methoxy groups -OCH3 is 1. The minimum Gasteiger partial charge on any atom is -0.494 e. The molecule has 0 atom stereocenters. The van der Waals surface area contributed by atoms with E-state index in [0.717, 1.165) is 62.8 Å². The minimum absolute atomic E-state index is 0.0474. The molecule has 5 aromatic rings. The summed E-state index contributed by atoms with van der Waals surface area (Å²) in [5, 5.41) is 15.9. The molecule has 712 valence electrons. The standard InChI is InChI=1S/C25H34ClN7O4S2.C12H15Cl2N3O2S.C10H17NO3S.C8H9Cl2N3O2S2.C8H14INO2.C8H15NO2S.C7H7Cl2N3S/c1-6-23(34)28-19-11-20(22(37-4)12-21(19)32-9-7-16(8-10-32)31(2)3)29-25-27-13-18(26)24(30-25)38-17-14-33(15-17)39(5,35)36;1-12(2,3)19-11(18)17-5-7(6-17)20-9-8(13)4-15-10(14)16-9;1-7(12)15-8-5-11(6-8)9(13)14-10(2,3)4;1-17(14,15)13-3-5(4-13)16-7-6(9)2-11-8(10)12-7;1-8(2,3)12-7(11)10-4-6(9)5-10;1-8(2,3)11-7(10)9-4-6(12)5-9;8-5-3-11-7(9)12-6(5)13-4-1-10-2-4/h6,11-13,16-17H,1,7-10,14-15H2,2-5H3,(H,28,34)(H,27,29,30);4,7H,5-6H2,1-3H3;8H,5-6H2,1-4H3;2,5H,3-4H2,1H3;6H,4-5H2,1-3H3;6,12H,4-5H2,1-3H3;3-4,10H,1-2H2. The Bertz CT molecular complexity index is 4840. The van der Waals surface area contributed by atoms with Gasteiger partial charge in [0.25, 0.3) is 0 Å². The number of carbonyl (C=O) groups excluding carboxylic acids is 6. The Kier molecular flexibility index (Phi) is 42.6. The van der Waals surface area contributed by atoms with Gasteiger partial charge in [-0.2, -0.15) is 21.2 Å². The zero-order chi connectivity index (χ0) is 95.5. The molecule has 0 saturated carbocycles. The largest absolute Gasteiger partial charge is 0.494 e. The summed E-state index contributed by atoms with van der Waals surface area (Å²) in [5.41, 5.74) is 0.360. The van der Waals surface area contributed by atoms with E-state index < -0.39 is 36.8 Å². The Morgan fingerprint density at radius 1 is 0.531 bits per heavy atom. The Morgan fingerprint density at radius 3 is 1.21 bits per heavy atom. The number of thiol groups is 1. The summed E-state index contributed by atoms with van der Waals surface area (Å²) < 4.78 is 75.6. The molecule has 3 N–H and O–H groups in total. The monoisotopic (exact) mass is 2180 g/mol. The summed E-state index contributed by atoms with van der Waals surface area (Å²) in [6, 6.07) is 4.21. The lowest BCUT2D eigenvalue weighted by atomic mass is 10.0. The summed E-state index contributed by atoms with van der Waals surface area (Å²) in [7, 11) is -0.512. The van der Waals surface area contributed by atoms with E-state index in [4.69, 9.17) is 105 Å². The third-order valence-corrected chi connectivity index (χ3v) is 29.4. The zero-order valence-electron chi connectivity index (χ0n) is 74.2. The van der Waals surface area contributed by atoms with Crippen LogP contribution in [0.4, 0.5) is 42.2 Å². The zero-order valence-corrected chi connectivity index (χ0v) is 88.3. The summed E-state index contributed by atoms with van der Waals surface area (Å²) >= 11 is 55.0. The highest BCUT2D eigenvalue weighted by Gasteiger charge is 2.40. The lowest BCUT2D eigenvalue weighted by Crippen LogP contribution is -2.53. The smallest absolute Gasteiger partial charge is 0.410 e. The Labute approximate surface area is 825 Å². The average molecular weight is 2190 g/mol. The van der Waals surface area contributed by atoms with Gasteiger partial charge in [0.1, 0.15) is 48.3 Å². The number of sulfonamides is 2. The maximum Gasteiger partial charge on any atom is 0.410 e. The van der Waals surface area contributed by atoms with Crippen LogP contribution in [0.15, 0.2) is 69.7 Å². The van der Waals surface area contributed by atoms with Gasteiger partial charge in [0.2, 0.25) is 47.8 Å². The lowest BCUT2D eigenvalue weighted by Gasteiger charge is -2.39. The van der Waals surface area contributed by atoms with Crippen LogP contribution in [-0.4, -0.2) is 328 Å². The molecule has 8 aliphatic rings. The van der Waals surface area contributed by atoms with Gasteiger partial charge < -0.3 is 69.0 Å². The van der Waals surface area contributed by atoms with Crippen LogP contribution >= 0.6 is 175 Å². The van der Waals surface area contributed by atoms with Gasteiger partial charge in [-0.1, -0.05) is 134 Å². The van der Waals surface area contributed by atoms with E-state index in [-0.39, 0.29) is 77.8 Å². The van der Waals surface area contributed by atoms with Crippen LogP contribution < -0.4 is 25.6 Å². The molecule has 8 fully saturated rings. The number of rotatable bonds is 18. The van der Waals surface area contributed by atoms with Crippen LogP contribution in [-0.2, 0) is 48.6 Å². The van der Waals surface area contributed by atoms with Gasteiger partial charge in [0, 0.05) is 159 Å². The van der Waals surface area contributed by atoms with Crippen LogP contribution in [0.25, 0.3) is 0 Å². The number of halogens is 8. The van der Waals surface area contributed by atoms with Crippen molar-refractivity contribution < 1.29 is 69.3 Å². The van der Waals surface area contributed by atoms with E-state index in [1.54, 1.807) is 51.5 Å². The molecular formula is C78H111Cl7IN19O15S8. The third kappa shape index (κ3) is 38.0. The number of piperidine rings is 1. The van der Waals surface area contributed by atoms with Crippen molar-refractivity contribution in [1.82, 2.24) is 78.3 Å². The second-order valence-electron chi connectivity index (χ2n) is 34.1. The highest BCUT2D eigenvalue weighted by Crippen LogP contribution is 2.42. The van der Waals surface area contributed by atoms with Crippen LogP contribution in [0.2, 0.25) is 35.9 Å². The first kappa shape index (κ1) is 111. The minimum atomic E-state index is -3.20. The van der Waals surface area contributed by atoms with Crippen molar-refractivity contribution in [3.63, 3.8) is 0 Å². The highest BCUT2D eigenvalue weighted by atomic mass is 127. The van der Waals surface area contributed by atoms with Crippen molar-refractivity contribution in [2.45, 2.75) is 187 Å². The number of benzene rings is 1. The number of alkyl halides is 1. The SMILES string of the molecule is C=CC(=O)Nc1cc(Nc2ncc(Cl)c(SC3CN(S(C)(=O)=O)C3)n2)c(OC)cc1N1CCC(N(C)C)CC1.CC(=O)SC1CN(C(=O)OC(C)(C)C)C1.CC(C)(C)OC(=O)N1CC(I)C1.CC(C)(C)OC(=O)N1CC(S)C1.CC(C)(C)OC(=O)N1CC(Sc2nc(Cl)ncc2Cl)C1.CS(=O)(=O)N1CC(Sc2nc(Cl)ncc2Cl)C1.Clc1ncc(Cl)c(SC2CNC2)n1. The summed E-state index contributed by atoms with van der Waals surface area (Å²) in [5.74, 6) is 0.535. The molecule has 8 aliphatic heterocycles. The van der Waals surface area contributed by atoms with Crippen LogP contribution in [0, 0.1) is 0 Å².